The first-order valence-corrected chi connectivity index (χ1v) is 7.69. The van der Waals surface area contributed by atoms with Crippen LogP contribution in [0.15, 0.2) is 22.7 Å². The van der Waals surface area contributed by atoms with E-state index in [-0.39, 0.29) is 17.5 Å². The summed E-state index contributed by atoms with van der Waals surface area (Å²) in [5.41, 5.74) is 0.767. The molecular formula is C14H17BrN2O4. The van der Waals surface area contributed by atoms with Gasteiger partial charge in [-0.25, -0.2) is 0 Å². The topological polar surface area (TPSA) is 92.5 Å². The summed E-state index contributed by atoms with van der Waals surface area (Å²) in [4.78, 5) is 21.5. The number of rotatable bonds is 5. The molecule has 1 aromatic carbocycles. The minimum absolute atomic E-state index is 0.0218. The fourth-order valence-electron chi connectivity index (χ4n) is 2.78. The van der Waals surface area contributed by atoms with Crippen molar-refractivity contribution in [3.63, 3.8) is 0 Å². The second kappa shape index (κ2) is 6.89. The molecule has 1 saturated carbocycles. The summed E-state index contributed by atoms with van der Waals surface area (Å²) in [5, 5.41) is 23.1. The van der Waals surface area contributed by atoms with Gasteiger partial charge in [-0.1, -0.05) is 12.8 Å². The van der Waals surface area contributed by atoms with E-state index in [4.69, 9.17) is 0 Å². The molecule has 1 aliphatic rings. The Morgan fingerprint density at radius 1 is 1.43 bits per heavy atom. The summed E-state index contributed by atoms with van der Waals surface area (Å²) >= 11 is 3.30. The highest BCUT2D eigenvalue weighted by molar-refractivity contribution is 9.10. The highest BCUT2D eigenvalue weighted by Crippen LogP contribution is 2.32. The Hall–Kier alpha value is -1.63. The lowest BCUT2D eigenvalue weighted by atomic mass is 9.79. The molecule has 1 aromatic rings. The highest BCUT2D eigenvalue weighted by Gasteiger charge is 2.30. The molecule has 1 fully saturated rings. The van der Waals surface area contributed by atoms with Gasteiger partial charge in [0.2, 0.25) is 0 Å². The molecule has 2 N–H and O–H groups in total. The molecule has 6 nitrogen and oxygen atoms in total. The average Bonchev–Trinajstić information content (AvgIpc) is 2.46. The summed E-state index contributed by atoms with van der Waals surface area (Å²) < 4.78 is 0.611. The second-order valence-electron chi connectivity index (χ2n) is 5.29. The van der Waals surface area contributed by atoms with E-state index in [1.807, 2.05) is 0 Å². The molecule has 0 saturated heterocycles. The highest BCUT2D eigenvalue weighted by atomic mass is 79.9. The predicted octanol–water partition coefficient (Wildman–Crippen LogP) is 3.66. The summed E-state index contributed by atoms with van der Waals surface area (Å²) in [6.07, 6.45) is 3.64. The number of nitro groups is 1. The van der Waals surface area contributed by atoms with Gasteiger partial charge < -0.3 is 10.4 Å². The maximum atomic E-state index is 11.3. The van der Waals surface area contributed by atoms with E-state index in [1.54, 1.807) is 6.07 Å². The van der Waals surface area contributed by atoms with Crippen molar-refractivity contribution < 1.29 is 14.8 Å². The van der Waals surface area contributed by atoms with Crippen molar-refractivity contribution in [3.05, 3.63) is 32.8 Å². The fourth-order valence-corrected chi connectivity index (χ4v) is 3.29. The van der Waals surface area contributed by atoms with Crippen LogP contribution in [0.25, 0.3) is 0 Å². The zero-order valence-corrected chi connectivity index (χ0v) is 13.0. The van der Waals surface area contributed by atoms with Crippen molar-refractivity contribution in [3.8, 4) is 0 Å². The van der Waals surface area contributed by atoms with E-state index < -0.39 is 10.9 Å². The second-order valence-corrected chi connectivity index (χ2v) is 6.15. The largest absolute Gasteiger partial charge is 0.481 e. The summed E-state index contributed by atoms with van der Waals surface area (Å²) in [7, 11) is 0. The zero-order chi connectivity index (χ0) is 15.4. The molecule has 21 heavy (non-hydrogen) atoms. The molecule has 0 spiro atoms. The van der Waals surface area contributed by atoms with Gasteiger partial charge in [-0.05, 0) is 40.8 Å². The summed E-state index contributed by atoms with van der Waals surface area (Å²) in [6, 6.07) is 4.52. The van der Waals surface area contributed by atoms with Crippen LogP contribution in [-0.4, -0.2) is 22.5 Å². The predicted molar refractivity (Wildman–Crippen MR) is 82.4 cm³/mol. The van der Waals surface area contributed by atoms with Crippen molar-refractivity contribution >= 4 is 33.3 Å². The standard InChI is InChI=1S/C14H17BrN2O4/c15-12-7-10(17(20)21)5-6-13(12)16-8-9-3-1-2-4-11(9)14(18)19/h5-7,9,11,16H,1-4,8H2,(H,18,19). The third-order valence-electron chi connectivity index (χ3n) is 3.94. The molecule has 7 heteroatoms. The number of nitrogens with one attached hydrogen (secondary N) is 1. The van der Waals surface area contributed by atoms with Crippen LogP contribution in [-0.2, 0) is 4.79 Å². The number of nitrogens with zero attached hydrogens (tertiary/aromatic N) is 1. The van der Waals surface area contributed by atoms with Crippen molar-refractivity contribution in [2.75, 3.05) is 11.9 Å². The van der Waals surface area contributed by atoms with E-state index in [0.29, 0.717) is 11.0 Å². The van der Waals surface area contributed by atoms with E-state index in [2.05, 4.69) is 21.2 Å². The SMILES string of the molecule is O=C(O)C1CCCCC1CNc1ccc([N+](=O)[O-])cc1Br. The van der Waals surface area contributed by atoms with Crippen LogP contribution in [0.1, 0.15) is 25.7 Å². The van der Waals surface area contributed by atoms with Crippen LogP contribution in [0.4, 0.5) is 11.4 Å². The van der Waals surface area contributed by atoms with Crippen LogP contribution in [0.3, 0.4) is 0 Å². The Morgan fingerprint density at radius 3 is 2.76 bits per heavy atom. The molecule has 1 aliphatic carbocycles. The van der Waals surface area contributed by atoms with E-state index in [1.165, 1.54) is 12.1 Å². The first kappa shape index (κ1) is 15.8. The molecular weight excluding hydrogens is 340 g/mol. The monoisotopic (exact) mass is 356 g/mol. The van der Waals surface area contributed by atoms with Gasteiger partial charge in [-0.15, -0.1) is 0 Å². The first-order valence-electron chi connectivity index (χ1n) is 6.89. The molecule has 2 atom stereocenters. The van der Waals surface area contributed by atoms with Gasteiger partial charge >= 0.3 is 5.97 Å². The Balaban J connectivity index is 2.02. The zero-order valence-electron chi connectivity index (χ0n) is 11.4. The van der Waals surface area contributed by atoms with E-state index >= 15 is 0 Å². The van der Waals surface area contributed by atoms with Crippen molar-refractivity contribution in [2.45, 2.75) is 25.7 Å². The number of anilines is 1. The van der Waals surface area contributed by atoms with Crippen LogP contribution in [0.5, 0.6) is 0 Å². The lowest BCUT2D eigenvalue weighted by Gasteiger charge is -2.29. The smallest absolute Gasteiger partial charge is 0.306 e. The van der Waals surface area contributed by atoms with Crippen LogP contribution >= 0.6 is 15.9 Å². The molecule has 0 amide bonds. The number of benzene rings is 1. The summed E-state index contributed by atoms with van der Waals surface area (Å²) in [6.45, 7) is 0.563. The molecule has 0 aromatic heterocycles. The van der Waals surface area contributed by atoms with Crippen LogP contribution in [0, 0.1) is 22.0 Å². The van der Waals surface area contributed by atoms with Gasteiger partial charge in [0.25, 0.3) is 5.69 Å². The number of hydrogen-bond acceptors (Lipinski definition) is 4. The molecule has 0 heterocycles. The molecule has 0 radical (unpaired) electrons. The first-order chi connectivity index (χ1) is 9.99. The maximum absolute atomic E-state index is 11.3. The normalized spacial score (nSPS) is 21.8. The van der Waals surface area contributed by atoms with E-state index in [0.717, 1.165) is 31.4 Å². The van der Waals surface area contributed by atoms with Crippen molar-refractivity contribution in [1.29, 1.82) is 0 Å². The Bertz CT molecular complexity index is 550. The number of hydrogen-bond donors (Lipinski definition) is 2. The quantitative estimate of drug-likeness (QED) is 0.620. The van der Waals surface area contributed by atoms with Crippen LogP contribution in [0.2, 0.25) is 0 Å². The van der Waals surface area contributed by atoms with E-state index in [9.17, 15) is 20.0 Å². The van der Waals surface area contributed by atoms with Gasteiger partial charge in [0.15, 0.2) is 0 Å². The third kappa shape index (κ3) is 3.93. The van der Waals surface area contributed by atoms with Gasteiger partial charge in [0, 0.05) is 28.8 Å². The number of aliphatic carboxylic acids is 1. The number of carbonyl (C=O) groups is 1. The number of non-ortho nitro benzene ring substituents is 1. The summed E-state index contributed by atoms with van der Waals surface area (Å²) in [5.74, 6) is -0.939. The minimum Gasteiger partial charge on any atom is -0.481 e. The number of carboxylic acids is 1. The number of carboxylic acid groups (broad SMARTS) is 1. The molecule has 2 unspecified atom stereocenters. The third-order valence-corrected chi connectivity index (χ3v) is 4.60. The van der Waals surface area contributed by atoms with Crippen molar-refractivity contribution in [2.24, 2.45) is 11.8 Å². The van der Waals surface area contributed by atoms with Crippen LogP contribution < -0.4 is 5.32 Å². The fraction of sp³-hybridized carbons (Fsp3) is 0.500. The Morgan fingerprint density at radius 2 is 2.14 bits per heavy atom. The van der Waals surface area contributed by atoms with Gasteiger partial charge in [-0.2, -0.15) is 0 Å². The number of nitro benzene ring substituents is 1. The van der Waals surface area contributed by atoms with Gasteiger partial charge in [0.1, 0.15) is 0 Å². The molecule has 114 valence electrons. The lowest BCUT2D eigenvalue weighted by Crippen LogP contribution is -2.31. The van der Waals surface area contributed by atoms with Gasteiger partial charge in [0.05, 0.1) is 10.8 Å². The van der Waals surface area contributed by atoms with Gasteiger partial charge in [-0.3, -0.25) is 14.9 Å². The lowest BCUT2D eigenvalue weighted by molar-refractivity contribution is -0.384. The molecule has 0 bridgehead atoms. The number of halogens is 1. The Kier molecular flexibility index (Phi) is 5.17. The average molecular weight is 357 g/mol. The molecule has 2 rings (SSSR count). The minimum atomic E-state index is -0.732. The van der Waals surface area contributed by atoms with Crippen molar-refractivity contribution in [1.82, 2.24) is 0 Å². The maximum Gasteiger partial charge on any atom is 0.306 e. The molecule has 0 aliphatic heterocycles. The Labute approximate surface area is 130 Å².